The molecular formula is C25H32ClN3O5S. The van der Waals surface area contributed by atoms with E-state index in [1.165, 1.54) is 24.0 Å². The molecule has 190 valence electrons. The zero-order valence-corrected chi connectivity index (χ0v) is 22.2. The van der Waals surface area contributed by atoms with Gasteiger partial charge in [0.1, 0.15) is 12.6 Å². The number of ketones is 1. The van der Waals surface area contributed by atoms with E-state index in [0.29, 0.717) is 22.7 Å². The van der Waals surface area contributed by atoms with Crippen LogP contribution in [0.4, 0.5) is 5.69 Å². The van der Waals surface area contributed by atoms with E-state index in [1.54, 1.807) is 43.3 Å². The van der Waals surface area contributed by atoms with Gasteiger partial charge in [-0.15, -0.1) is 0 Å². The van der Waals surface area contributed by atoms with Gasteiger partial charge in [-0.3, -0.25) is 18.7 Å². The molecule has 0 aromatic heterocycles. The van der Waals surface area contributed by atoms with Crippen LogP contribution in [-0.4, -0.2) is 56.3 Å². The van der Waals surface area contributed by atoms with Crippen LogP contribution >= 0.6 is 11.6 Å². The number of carbonyl (C=O) groups excluding carboxylic acids is 3. The maximum absolute atomic E-state index is 13.5. The Morgan fingerprint density at radius 2 is 1.69 bits per heavy atom. The minimum Gasteiger partial charge on any atom is -0.354 e. The molecule has 0 bridgehead atoms. The van der Waals surface area contributed by atoms with Crippen LogP contribution in [0.2, 0.25) is 5.02 Å². The summed E-state index contributed by atoms with van der Waals surface area (Å²) in [4.78, 5) is 39.5. The van der Waals surface area contributed by atoms with Crippen molar-refractivity contribution in [2.45, 2.75) is 40.3 Å². The largest absolute Gasteiger partial charge is 0.354 e. The summed E-state index contributed by atoms with van der Waals surface area (Å²) in [6, 6.07) is 12.1. The second kappa shape index (κ2) is 12.2. The van der Waals surface area contributed by atoms with Crippen molar-refractivity contribution in [2.75, 3.05) is 23.7 Å². The Hall–Kier alpha value is -2.91. The number of nitrogens with zero attached hydrogens (tertiary/aromatic N) is 2. The van der Waals surface area contributed by atoms with Gasteiger partial charge in [-0.1, -0.05) is 55.8 Å². The minimum atomic E-state index is -3.89. The molecule has 0 heterocycles. The Kier molecular flexibility index (Phi) is 9.85. The van der Waals surface area contributed by atoms with E-state index in [9.17, 15) is 22.8 Å². The Morgan fingerprint density at radius 1 is 1.03 bits per heavy atom. The molecule has 8 nitrogen and oxygen atoms in total. The molecule has 2 rings (SSSR count). The third-order valence-corrected chi connectivity index (χ3v) is 6.88. The lowest BCUT2D eigenvalue weighted by Gasteiger charge is -2.32. The lowest BCUT2D eigenvalue weighted by Crippen LogP contribution is -2.51. The molecule has 0 aliphatic heterocycles. The molecule has 2 aromatic carbocycles. The first-order chi connectivity index (χ1) is 16.3. The van der Waals surface area contributed by atoms with Gasteiger partial charge in [-0.25, -0.2) is 8.42 Å². The molecular weight excluding hydrogens is 490 g/mol. The highest BCUT2D eigenvalue weighted by Gasteiger charge is 2.30. The highest BCUT2D eigenvalue weighted by atomic mass is 35.5. The SMILES string of the molecule is CC(=O)c1cccc(N(CC(=O)N(Cc2ccccc2Cl)[C@H](C)C(=O)NCC(C)C)S(C)(=O)=O)c1. The molecule has 0 unspecified atom stereocenters. The van der Waals surface area contributed by atoms with Crippen molar-refractivity contribution in [3.63, 3.8) is 0 Å². The van der Waals surface area contributed by atoms with Gasteiger partial charge in [0.15, 0.2) is 5.78 Å². The van der Waals surface area contributed by atoms with Gasteiger partial charge in [0.25, 0.3) is 0 Å². The molecule has 2 amide bonds. The second-order valence-corrected chi connectivity index (χ2v) is 11.1. The van der Waals surface area contributed by atoms with Gasteiger partial charge in [0.05, 0.1) is 11.9 Å². The molecule has 2 aromatic rings. The summed E-state index contributed by atoms with van der Waals surface area (Å²) in [5.74, 6) is -0.963. The van der Waals surface area contributed by atoms with Crippen molar-refractivity contribution in [3.05, 3.63) is 64.7 Å². The Labute approximate surface area is 212 Å². The average Bonchev–Trinajstić information content (AvgIpc) is 2.79. The topological polar surface area (TPSA) is 104 Å². The number of rotatable bonds is 11. The van der Waals surface area contributed by atoms with Crippen molar-refractivity contribution in [3.8, 4) is 0 Å². The molecule has 0 spiro atoms. The number of anilines is 1. The van der Waals surface area contributed by atoms with Gasteiger partial charge in [0.2, 0.25) is 21.8 Å². The Bertz CT molecular complexity index is 1180. The number of hydrogen-bond acceptors (Lipinski definition) is 5. The Morgan fingerprint density at radius 3 is 2.26 bits per heavy atom. The maximum atomic E-state index is 13.5. The second-order valence-electron chi connectivity index (χ2n) is 8.80. The zero-order valence-electron chi connectivity index (χ0n) is 20.6. The van der Waals surface area contributed by atoms with Gasteiger partial charge in [-0.2, -0.15) is 0 Å². The lowest BCUT2D eigenvalue weighted by atomic mass is 10.1. The number of carbonyl (C=O) groups is 3. The molecule has 0 saturated carbocycles. The number of halogens is 1. The first-order valence-electron chi connectivity index (χ1n) is 11.2. The first-order valence-corrected chi connectivity index (χ1v) is 13.4. The number of nitrogens with one attached hydrogen (secondary N) is 1. The highest BCUT2D eigenvalue weighted by molar-refractivity contribution is 7.92. The van der Waals surface area contributed by atoms with Gasteiger partial charge >= 0.3 is 0 Å². The van der Waals surface area contributed by atoms with E-state index in [1.807, 2.05) is 13.8 Å². The number of sulfonamides is 1. The normalized spacial score (nSPS) is 12.2. The summed E-state index contributed by atoms with van der Waals surface area (Å²) in [7, 11) is -3.89. The van der Waals surface area contributed by atoms with Crippen molar-refractivity contribution in [1.29, 1.82) is 0 Å². The van der Waals surface area contributed by atoms with Gasteiger partial charge in [0, 0.05) is 23.7 Å². The summed E-state index contributed by atoms with van der Waals surface area (Å²) >= 11 is 6.30. The molecule has 1 atom stereocenters. The van der Waals surface area contributed by atoms with Crippen LogP contribution in [0, 0.1) is 5.92 Å². The predicted molar refractivity (Wildman–Crippen MR) is 138 cm³/mol. The van der Waals surface area contributed by atoms with Gasteiger partial charge in [-0.05, 0) is 43.5 Å². The minimum absolute atomic E-state index is 0.0137. The first kappa shape index (κ1) is 28.3. The van der Waals surface area contributed by atoms with Crippen molar-refractivity contribution in [1.82, 2.24) is 10.2 Å². The summed E-state index contributed by atoms with van der Waals surface area (Å²) in [5, 5.41) is 3.24. The molecule has 10 heteroatoms. The van der Waals surface area contributed by atoms with E-state index >= 15 is 0 Å². The van der Waals surface area contributed by atoms with Crippen LogP contribution in [0.3, 0.4) is 0 Å². The molecule has 0 aliphatic rings. The number of benzene rings is 2. The Balaban J connectivity index is 2.42. The molecule has 35 heavy (non-hydrogen) atoms. The van der Waals surface area contributed by atoms with Crippen LogP contribution in [0.15, 0.2) is 48.5 Å². The fourth-order valence-electron chi connectivity index (χ4n) is 3.34. The molecule has 0 aliphatic carbocycles. The van der Waals surface area contributed by atoms with E-state index in [-0.39, 0.29) is 29.8 Å². The molecule has 0 saturated heterocycles. The number of hydrogen-bond donors (Lipinski definition) is 1. The fourth-order valence-corrected chi connectivity index (χ4v) is 4.38. The van der Waals surface area contributed by atoms with E-state index in [0.717, 1.165) is 10.6 Å². The monoisotopic (exact) mass is 521 g/mol. The third-order valence-electron chi connectivity index (χ3n) is 5.37. The van der Waals surface area contributed by atoms with E-state index in [2.05, 4.69) is 5.32 Å². The van der Waals surface area contributed by atoms with Crippen LogP contribution in [0.25, 0.3) is 0 Å². The lowest BCUT2D eigenvalue weighted by molar-refractivity contribution is -0.139. The molecule has 0 fully saturated rings. The van der Waals surface area contributed by atoms with Crippen LogP contribution in [0.5, 0.6) is 0 Å². The fraction of sp³-hybridized carbons (Fsp3) is 0.400. The molecule has 0 radical (unpaired) electrons. The van der Waals surface area contributed by atoms with Crippen LogP contribution < -0.4 is 9.62 Å². The van der Waals surface area contributed by atoms with Crippen LogP contribution in [-0.2, 0) is 26.2 Å². The van der Waals surface area contributed by atoms with Crippen molar-refractivity contribution < 1.29 is 22.8 Å². The summed E-state index contributed by atoms with van der Waals surface area (Å²) < 4.78 is 26.2. The van der Waals surface area contributed by atoms with E-state index in [4.69, 9.17) is 11.6 Å². The smallest absolute Gasteiger partial charge is 0.244 e. The van der Waals surface area contributed by atoms with Gasteiger partial charge < -0.3 is 10.2 Å². The summed E-state index contributed by atoms with van der Waals surface area (Å²) in [5.41, 5.74) is 1.12. The third kappa shape index (κ3) is 8.07. The van der Waals surface area contributed by atoms with Crippen LogP contribution in [0.1, 0.15) is 43.6 Å². The quantitative estimate of drug-likeness (QED) is 0.456. The van der Waals surface area contributed by atoms with Crippen molar-refractivity contribution >= 4 is 44.9 Å². The molecule has 1 N–H and O–H groups in total. The predicted octanol–water partition coefficient (Wildman–Crippen LogP) is 3.50. The summed E-state index contributed by atoms with van der Waals surface area (Å²) in [6.45, 7) is 6.77. The zero-order chi connectivity index (χ0) is 26.3. The standard InChI is InChI=1S/C25H32ClN3O5S/c1-17(2)14-27-25(32)18(3)28(15-21-9-6-7-12-23(21)26)24(31)16-29(35(5,33)34)22-11-8-10-20(13-22)19(4)30/h6-13,17-18H,14-16H2,1-5H3,(H,27,32)/t18-/m1/s1. The highest BCUT2D eigenvalue weighted by Crippen LogP contribution is 2.22. The number of amides is 2. The van der Waals surface area contributed by atoms with Crippen molar-refractivity contribution in [2.24, 2.45) is 5.92 Å². The summed E-state index contributed by atoms with van der Waals surface area (Å²) in [6.07, 6.45) is 0.984. The van der Waals surface area contributed by atoms with E-state index < -0.39 is 28.5 Å². The average molecular weight is 522 g/mol. The number of Topliss-reactive ketones (excluding diaryl/α,β-unsaturated/α-hetero) is 1. The maximum Gasteiger partial charge on any atom is 0.244 e.